The quantitative estimate of drug-likeness (QED) is 0.767. The lowest BCUT2D eigenvalue weighted by Gasteiger charge is -2.32. The summed E-state index contributed by atoms with van der Waals surface area (Å²) in [5, 5.41) is 11.6. The Balaban J connectivity index is 1.72. The van der Waals surface area contributed by atoms with E-state index in [9.17, 15) is 0 Å². The molecule has 2 heterocycles. The predicted octanol–water partition coefficient (Wildman–Crippen LogP) is 0.889. The Morgan fingerprint density at radius 2 is 2.30 bits per heavy atom. The van der Waals surface area contributed by atoms with E-state index >= 15 is 0 Å². The molecule has 1 aromatic heterocycles. The van der Waals surface area contributed by atoms with Gasteiger partial charge in [-0.15, -0.1) is 5.10 Å². The third-order valence-corrected chi connectivity index (χ3v) is 3.65. The van der Waals surface area contributed by atoms with Crippen LogP contribution in [0.4, 0.5) is 0 Å². The van der Waals surface area contributed by atoms with Gasteiger partial charge in [0.2, 0.25) is 0 Å². The predicted molar refractivity (Wildman–Crippen MR) is 78.5 cm³/mol. The molecule has 0 aliphatic carbocycles. The summed E-state index contributed by atoms with van der Waals surface area (Å²) in [6, 6.07) is 0. The van der Waals surface area contributed by atoms with Crippen LogP contribution in [0.15, 0.2) is 6.20 Å². The minimum Gasteiger partial charge on any atom is -0.377 e. The standard InChI is InChI=1S/C14H27N5O/c1-3-15-10-13-11-19(17-16-13)9-8-18-7-5-6-14(12-18)20-4-2/h11,14-15H,3-10,12H2,1-2H3. The first-order valence-corrected chi connectivity index (χ1v) is 7.75. The highest BCUT2D eigenvalue weighted by atomic mass is 16.5. The van der Waals surface area contributed by atoms with Crippen molar-refractivity contribution in [3.8, 4) is 0 Å². The Labute approximate surface area is 121 Å². The minimum atomic E-state index is 0.411. The molecule has 6 nitrogen and oxygen atoms in total. The molecule has 1 atom stereocenters. The zero-order chi connectivity index (χ0) is 14.2. The third kappa shape index (κ3) is 4.85. The van der Waals surface area contributed by atoms with Crippen molar-refractivity contribution >= 4 is 0 Å². The van der Waals surface area contributed by atoms with Crippen LogP contribution in [-0.4, -0.2) is 58.8 Å². The van der Waals surface area contributed by atoms with E-state index in [2.05, 4.69) is 34.4 Å². The summed E-state index contributed by atoms with van der Waals surface area (Å²) < 4.78 is 7.67. The van der Waals surface area contributed by atoms with Crippen LogP contribution in [-0.2, 0) is 17.8 Å². The van der Waals surface area contributed by atoms with Crippen LogP contribution in [0.2, 0.25) is 0 Å². The van der Waals surface area contributed by atoms with Gasteiger partial charge in [0, 0.05) is 32.4 Å². The summed E-state index contributed by atoms with van der Waals surface area (Å²) in [5.41, 5.74) is 1.01. The Hall–Kier alpha value is -0.980. The van der Waals surface area contributed by atoms with Crippen molar-refractivity contribution in [1.29, 1.82) is 0 Å². The summed E-state index contributed by atoms with van der Waals surface area (Å²) in [5.74, 6) is 0. The summed E-state index contributed by atoms with van der Waals surface area (Å²) in [7, 11) is 0. The molecule has 0 saturated carbocycles. The smallest absolute Gasteiger partial charge is 0.0964 e. The fraction of sp³-hybridized carbons (Fsp3) is 0.857. The molecule has 0 amide bonds. The molecule has 0 aromatic carbocycles. The molecule has 2 rings (SSSR count). The lowest BCUT2D eigenvalue weighted by molar-refractivity contribution is 0.00489. The first-order chi connectivity index (χ1) is 9.81. The molecule has 0 bridgehead atoms. The number of rotatable bonds is 8. The van der Waals surface area contributed by atoms with Crippen LogP contribution in [0.3, 0.4) is 0 Å². The second-order valence-electron chi connectivity index (χ2n) is 5.27. The average Bonchev–Trinajstić information content (AvgIpc) is 2.92. The number of hydrogen-bond acceptors (Lipinski definition) is 5. The third-order valence-electron chi connectivity index (χ3n) is 3.65. The average molecular weight is 281 g/mol. The highest BCUT2D eigenvalue weighted by Gasteiger charge is 2.19. The van der Waals surface area contributed by atoms with Gasteiger partial charge in [-0.25, -0.2) is 0 Å². The number of piperidine rings is 1. The van der Waals surface area contributed by atoms with Crippen LogP contribution in [0.25, 0.3) is 0 Å². The van der Waals surface area contributed by atoms with Crippen LogP contribution in [0.5, 0.6) is 0 Å². The maximum atomic E-state index is 5.73. The Morgan fingerprint density at radius 1 is 1.40 bits per heavy atom. The van der Waals surface area contributed by atoms with Gasteiger partial charge in [0.1, 0.15) is 0 Å². The van der Waals surface area contributed by atoms with Gasteiger partial charge in [-0.05, 0) is 32.9 Å². The van der Waals surface area contributed by atoms with Crippen molar-refractivity contribution in [3.63, 3.8) is 0 Å². The van der Waals surface area contributed by atoms with E-state index < -0.39 is 0 Å². The Kier molecular flexibility index (Phi) is 6.42. The van der Waals surface area contributed by atoms with E-state index in [0.717, 1.165) is 45.0 Å². The van der Waals surface area contributed by atoms with Crippen molar-refractivity contribution in [1.82, 2.24) is 25.2 Å². The van der Waals surface area contributed by atoms with Crippen molar-refractivity contribution in [2.75, 3.05) is 32.8 Å². The number of hydrogen-bond donors (Lipinski definition) is 1. The molecule has 6 heteroatoms. The topological polar surface area (TPSA) is 55.2 Å². The number of aromatic nitrogens is 3. The molecule has 114 valence electrons. The van der Waals surface area contributed by atoms with E-state index in [-0.39, 0.29) is 0 Å². The van der Waals surface area contributed by atoms with E-state index in [1.807, 2.05) is 10.9 Å². The van der Waals surface area contributed by atoms with Crippen molar-refractivity contribution in [2.45, 2.75) is 45.9 Å². The van der Waals surface area contributed by atoms with Gasteiger partial charge >= 0.3 is 0 Å². The molecular weight excluding hydrogens is 254 g/mol. The fourth-order valence-electron chi connectivity index (χ4n) is 2.61. The normalized spacial score (nSPS) is 20.4. The van der Waals surface area contributed by atoms with E-state index in [1.54, 1.807) is 0 Å². The van der Waals surface area contributed by atoms with E-state index in [0.29, 0.717) is 6.10 Å². The van der Waals surface area contributed by atoms with E-state index in [1.165, 1.54) is 19.4 Å². The number of ether oxygens (including phenoxy) is 1. The second kappa shape index (κ2) is 8.34. The van der Waals surface area contributed by atoms with Crippen LogP contribution in [0.1, 0.15) is 32.4 Å². The molecular formula is C14H27N5O. The molecule has 0 spiro atoms. The number of nitrogens with one attached hydrogen (secondary N) is 1. The zero-order valence-electron chi connectivity index (χ0n) is 12.7. The van der Waals surface area contributed by atoms with Gasteiger partial charge < -0.3 is 10.1 Å². The van der Waals surface area contributed by atoms with Crippen LogP contribution in [0, 0.1) is 0 Å². The Morgan fingerprint density at radius 3 is 3.10 bits per heavy atom. The molecule has 1 unspecified atom stereocenters. The molecule has 0 radical (unpaired) electrons. The maximum absolute atomic E-state index is 5.73. The van der Waals surface area contributed by atoms with Crippen molar-refractivity contribution in [3.05, 3.63) is 11.9 Å². The van der Waals surface area contributed by atoms with Gasteiger partial charge in [-0.3, -0.25) is 9.58 Å². The molecule has 1 saturated heterocycles. The Bertz CT molecular complexity index is 379. The van der Waals surface area contributed by atoms with Crippen LogP contribution < -0.4 is 5.32 Å². The summed E-state index contributed by atoms with van der Waals surface area (Å²) in [6.45, 7) is 10.9. The van der Waals surface area contributed by atoms with Gasteiger partial charge in [0.15, 0.2) is 0 Å². The highest BCUT2D eigenvalue weighted by molar-refractivity contribution is 4.91. The van der Waals surface area contributed by atoms with Crippen molar-refractivity contribution in [2.24, 2.45) is 0 Å². The van der Waals surface area contributed by atoms with Gasteiger partial charge in [0.05, 0.1) is 18.3 Å². The largest absolute Gasteiger partial charge is 0.377 e. The van der Waals surface area contributed by atoms with Crippen molar-refractivity contribution < 1.29 is 4.74 Å². The summed E-state index contributed by atoms with van der Waals surface area (Å²) in [6.07, 6.45) is 4.87. The lowest BCUT2D eigenvalue weighted by Crippen LogP contribution is -2.41. The van der Waals surface area contributed by atoms with Gasteiger partial charge in [-0.1, -0.05) is 12.1 Å². The summed E-state index contributed by atoms with van der Waals surface area (Å²) in [4.78, 5) is 2.47. The molecule has 1 aliphatic heterocycles. The lowest BCUT2D eigenvalue weighted by atomic mass is 10.1. The van der Waals surface area contributed by atoms with E-state index in [4.69, 9.17) is 4.74 Å². The fourth-order valence-corrected chi connectivity index (χ4v) is 2.61. The summed E-state index contributed by atoms with van der Waals surface area (Å²) >= 11 is 0. The SMILES string of the molecule is CCNCc1cn(CCN2CCCC(OCC)C2)nn1. The maximum Gasteiger partial charge on any atom is 0.0964 e. The van der Waals surface area contributed by atoms with Gasteiger partial charge in [-0.2, -0.15) is 0 Å². The van der Waals surface area contributed by atoms with Gasteiger partial charge in [0.25, 0.3) is 0 Å². The number of likely N-dealkylation sites (tertiary alicyclic amines) is 1. The first kappa shape index (κ1) is 15.4. The molecule has 20 heavy (non-hydrogen) atoms. The second-order valence-corrected chi connectivity index (χ2v) is 5.27. The van der Waals surface area contributed by atoms with Crippen LogP contribution >= 0.6 is 0 Å². The number of nitrogens with zero attached hydrogens (tertiary/aromatic N) is 4. The molecule has 1 aromatic rings. The molecule has 1 fully saturated rings. The minimum absolute atomic E-state index is 0.411. The zero-order valence-corrected chi connectivity index (χ0v) is 12.7. The first-order valence-electron chi connectivity index (χ1n) is 7.75. The highest BCUT2D eigenvalue weighted by Crippen LogP contribution is 2.12. The molecule has 1 N–H and O–H groups in total. The molecule has 1 aliphatic rings. The monoisotopic (exact) mass is 281 g/mol.